The fraction of sp³-hybridized carbons (Fsp3) is 0.438. The van der Waals surface area contributed by atoms with E-state index >= 15 is 0 Å². The summed E-state index contributed by atoms with van der Waals surface area (Å²) >= 11 is 0. The van der Waals surface area contributed by atoms with Crippen molar-refractivity contribution in [2.75, 3.05) is 20.3 Å². The van der Waals surface area contributed by atoms with Gasteiger partial charge in [-0.1, -0.05) is 18.7 Å². The minimum Gasteiger partial charge on any atom is -0.493 e. The standard InChI is InChI=1S/C16H22O4/c1-3-16(17)20-13-9-5-4-8-12-19-15-11-7-6-10-14(15)18-2/h3,6-7,10-11H,1,4-5,8-9,12-13H2,2H3. The monoisotopic (exact) mass is 278 g/mol. The topological polar surface area (TPSA) is 44.8 Å². The fourth-order valence-corrected chi connectivity index (χ4v) is 1.71. The van der Waals surface area contributed by atoms with Crippen LogP contribution < -0.4 is 9.47 Å². The third kappa shape index (κ3) is 6.27. The van der Waals surface area contributed by atoms with Gasteiger partial charge in [-0.15, -0.1) is 0 Å². The van der Waals surface area contributed by atoms with E-state index in [1.54, 1.807) is 7.11 Å². The third-order valence-corrected chi connectivity index (χ3v) is 2.78. The first kappa shape index (κ1) is 16.1. The quantitative estimate of drug-likeness (QED) is 0.374. The number of ether oxygens (including phenoxy) is 3. The van der Waals surface area contributed by atoms with Gasteiger partial charge in [-0.3, -0.25) is 0 Å². The predicted molar refractivity (Wildman–Crippen MR) is 78.1 cm³/mol. The van der Waals surface area contributed by atoms with Crippen molar-refractivity contribution in [3.63, 3.8) is 0 Å². The summed E-state index contributed by atoms with van der Waals surface area (Å²) in [7, 11) is 1.63. The number of methoxy groups -OCH3 is 1. The number of para-hydroxylation sites is 2. The van der Waals surface area contributed by atoms with E-state index in [0.29, 0.717) is 13.2 Å². The Bertz CT molecular complexity index is 415. The van der Waals surface area contributed by atoms with Crippen molar-refractivity contribution in [2.24, 2.45) is 0 Å². The highest BCUT2D eigenvalue weighted by atomic mass is 16.5. The van der Waals surface area contributed by atoms with Gasteiger partial charge in [0.05, 0.1) is 20.3 Å². The predicted octanol–water partition coefficient (Wildman–Crippen LogP) is 3.36. The number of carbonyl (C=O) groups excluding carboxylic acids is 1. The van der Waals surface area contributed by atoms with E-state index in [9.17, 15) is 4.79 Å². The molecule has 0 N–H and O–H groups in total. The van der Waals surface area contributed by atoms with Crippen molar-refractivity contribution >= 4 is 5.97 Å². The van der Waals surface area contributed by atoms with Crippen molar-refractivity contribution in [3.8, 4) is 11.5 Å². The molecule has 0 unspecified atom stereocenters. The second-order valence-electron chi connectivity index (χ2n) is 4.29. The number of rotatable bonds is 10. The minimum absolute atomic E-state index is 0.357. The molecule has 4 nitrogen and oxygen atoms in total. The lowest BCUT2D eigenvalue weighted by molar-refractivity contribution is -0.137. The normalized spacial score (nSPS) is 9.85. The number of hydrogen-bond donors (Lipinski definition) is 0. The molecule has 0 amide bonds. The lowest BCUT2D eigenvalue weighted by Gasteiger charge is -2.10. The van der Waals surface area contributed by atoms with Crippen LogP contribution in [0, 0.1) is 0 Å². The van der Waals surface area contributed by atoms with Gasteiger partial charge in [-0.25, -0.2) is 4.79 Å². The van der Waals surface area contributed by atoms with Crippen LogP contribution in [0.1, 0.15) is 25.7 Å². The molecule has 0 aliphatic carbocycles. The Morgan fingerprint density at radius 2 is 1.75 bits per heavy atom. The van der Waals surface area contributed by atoms with Crippen LogP contribution in [0.3, 0.4) is 0 Å². The maximum atomic E-state index is 10.8. The second kappa shape index (κ2) is 9.89. The molecule has 0 atom stereocenters. The van der Waals surface area contributed by atoms with Crippen LogP contribution in [0.25, 0.3) is 0 Å². The molecule has 0 saturated carbocycles. The van der Waals surface area contributed by atoms with Gasteiger partial charge in [0.1, 0.15) is 0 Å². The van der Waals surface area contributed by atoms with Crippen LogP contribution in [-0.4, -0.2) is 26.3 Å². The molecule has 1 rings (SSSR count). The molecular formula is C16H22O4. The smallest absolute Gasteiger partial charge is 0.330 e. The van der Waals surface area contributed by atoms with Crippen molar-refractivity contribution < 1.29 is 19.0 Å². The zero-order valence-corrected chi connectivity index (χ0v) is 12.0. The molecule has 0 aliphatic heterocycles. The molecule has 0 saturated heterocycles. The molecule has 20 heavy (non-hydrogen) atoms. The highest BCUT2D eigenvalue weighted by Crippen LogP contribution is 2.25. The van der Waals surface area contributed by atoms with Crippen LogP contribution >= 0.6 is 0 Å². The molecule has 1 aromatic rings. The van der Waals surface area contributed by atoms with Crippen molar-refractivity contribution in [1.82, 2.24) is 0 Å². The number of benzene rings is 1. The van der Waals surface area contributed by atoms with E-state index < -0.39 is 0 Å². The summed E-state index contributed by atoms with van der Waals surface area (Å²) in [6.45, 7) is 4.46. The summed E-state index contributed by atoms with van der Waals surface area (Å²) in [4.78, 5) is 10.8. The second-order valence-corrected chi connectivity index (χ2v) is 4.29. The van der Waals surface area contributed by atoms with Gasteiger partial charge in [0.15, 0.2) is 11.5 Å². The summed E-state index contributed by atoms with van der Waals surface area (Å²) in [6, 6.07) is 7.61. The summed E-state index contributed by atoms with van der Waals surface area (Å²) in [5.74, 6) is 1.17. The Morgan fingerprint density at radius 1 is 1.10 bits per heavy atom. The summed E-state index contributed by atoms with van der Waals surface area (Å²) in [5, 5.41) is 0. The van der Waals surface area contributed by atoms with E-state index in [1.807, 2.05) is 24.3 Å². The third-order valence-electron chi connectivity index (χ3n) is 2.78. The van der Waals surface area contributed by atoms with Gasteiger partial charge in [-0.2, -0.15) is 0 Å². The Balaban J connectivity index is 2.05. The molecule has 0 aliphatic rings. The summed E-state index contributed by atoms with van der Waals surface area (Å²) in [6.07, 6.45) is 5.07. The zero-order valence-electron chi connectivity index (χ0n) is 12.0. The lowest BCUT2D eigenvalue weighted by atomic mass is 10.2. The van der Waals surface area contributed by atoms with Gasteiger partial charge >= 0.3 is 5.97 Å². The van der Waals surface area contributed by atoms with Gasteiger partial charge < -0.3 is 14.2 Å². The van der Waals surface area contributed by atoms with Gasteiger partial charge in [0, 0.05) is 6.08 Å². The van der Waals surface area contributed by atoms with Gasteiger partial charge in [-0.05, 0) is 37.8 Å². The Kier molecular flexibility index (Phi) is 7.96. The average Bonchev–Trinajstić information content (AvgIpc) is 2.49. The molecular weight excluding hydrogens is 256 g/mol. The molecule has 0 aromatic heterocycles. The first-order valence-corrected chi connectivity index (χ1v) is 6.83. The zero-order chi connectivity index (χ0) is 14.6. The first-order chi connectivity index (χ1) is 9.77. The summed E-state index contributed by atoms with van der Waals surface area (Å²) < 4.78 is 15.8. The van der Waals surface area contributed by atoms with Gasteiger partial charge in [0.25, 0.3) is 0 Å². The van der Waals surface area contributed by atoms with E-state index in [-0.39, 0.29) is 5.97 Å². The van der Waals surface area contributed by atoms with Crippen LogP contribution in [0.15, 0.2) is 36.9 Å². The van der Waals surface area contributed by atoms with E-state index in [2.05, 4.69) is 6.58 Å². The number of unbranched alkanes of at least 4 members (excludes halogenated alkanes) is 3. The average molecular weight is 278 g/mol. The van der Waals surface area contributed by atoms with Crippen molar-refractivity contribution in [3.05, 3.63) is 36.9 Å². The van der Waals surface area contributed by atoms with Crippen LogP contribution in [-0.2, 0) is 9.53 Å². The molecule has 0 spiro atoms. The van der Waals surface area contributed by atoms with E-state index in [0.717, 1.165) is 37.2 Å². The van der Waals surface area contributed by atoms with Crippen LogP contribution in [0.4, 0.5) is 0 Å². The molecule has 4 heteroatoms. The van der Waals surface area contributed by atoms with Crippen molar-refractivity contribution in [2.45, 2.75) is 25.7 Å². The molecule has 110 valence electrons. The maximum Gasteiger partial charge on any atom is 0.330 e. The first-order valence-electron chi connectivity index (χ1n) is 6.83. The highest BCUT2D eigenvalue weighted by molar-refractivity contribution is 5.81. The Hall–Kier alpha value is -1.97. The minimum atomic E-state index is -0.357. The van der Waals surface area contributed by atoms with Crippen LogP contribution in [0.2, 0.25) is 0 Å². The summed E-state index contributed by atoms with van der Waals surface area (Å²) in [5.41, 5.74) is 0. The Morgan fingerprint density at radius 3 is 2.40 bits per heavy atom. The molecule has 0 radical (unpaired) electrons. The fourth-order valence-electron chi connectivity index (χ4n) is 1.71. The number of carbonyl (C=O) groups is 1. The molecule has 0 heterocycles. The van der Waals surface area contributed by atoms with Crippen molar-refractivity contribution in [1.29, 1.82) is 0 Å². The van der Waals surface area contributed by atoms with Crippen LogP contribution in [0.5, 0.6) is 11.5 Å². The SMILES string of the molecule is C=CC(=O)OCCCCCCOc1ccccc1OC. The Labute approximate surface area is 120 Å². The van der Waals surface area contributed by atoms with Gasteiger partial charge in [0.2, 0.25) is 0 Å². The maximum absolute atomic E-state index is 10.8. The highest BCUT2D eigenvalue weighted by Gasteiger charge is 2.01. The molecule has 0 bridgehead atoms. The van der Waals surface area contributed by atoms with E-state index in [4.69, 9.17) is 14.2 Å². The van der Waals surface area contributed by atoms with E-state index in [1.165, 1.54) is 6.08 Å². The molecule has 1 aromatic carbocycles. The molecule has 0 fully saturated rings. The largest absolute Gasteiger partial charge is 0.493 e. The number of hydrogen-bond acceptors (Lipinski definition) is 4. The number of esters is 1. The lowest BCUT2D eigenvalue weighted by Crippen LogP contribution is -2.02.